The van der Waals surface area contributed by atoms with E-state index in [0.717, 1.165) is 29.8 Å². The van der Waals surface area contributed by atoms with Crippen molar-refractivity contribution in [2.75, 3.05) is 23.4 Å². The van der Waals surface area contributed by atoms with Crippen LogP contribution in [0.2, 0.25) is 0 Å². The van der Waals surface area contributed by atoms with Crippen LogP contribution in [0.1, 0.15) is 43.0 Å². The van der Waals surface area contributed by atoms with Crippen LogP contribution in [0.4, 0.5) is 11.4 Å². The highest BCUT2D eigenvalue weighted by molar-refractivity contribution is 6.27. The Morgan fingerprint density at radius 1 is 0.878 bits per heavy atom. The fraction of sp³-hybridized carbons (Fsp3) is 0.312. The molecule has 216 valence electrons. The molecule has 0 spiro atoms. The summed E-state index contributed by atoms with van der Waals surface area (Å²) < 4.78 is 0. The fourth-order valence-electron chi connectivity index (χ4n) is 4.44. The minimum atomic E-state index is -1.81. The lowest BCUT2D eigenvalue weighted by Crippen LogP contribution is -2.67. The van der Waals surface area contributed by atoms with Crippen molar-refractivity contribution in [1.29, 1.82) is 0 Å². The third-order valence-corrected chi connectivity index (χ3v) is 6.65. The van der Waals surface area contributed by atoms with Gasteiger partial charge in [0.2, 0.25) is 11.8 Å². The molecular formula is C32H40N6O3. The van der Waals surface area contributed by atoms with Crippen molar-refractivity contribution in [3.05, 3.63) is 95.1 Å². The summed E-state index contributed by atoms with van der Waals surface area (Å²) in [5.74, 6) is -1.39. The van der Waals surface area contributed by atoms with Gasteiger partial charge in [0, 0.05) is 12.6 Å². The van der Waals surface area contributed by atoms with Gasteiger partial charge in [0.25, 0.3) is 5.66 Å². The average Bonchev–Trinajstić information content (AvgIpc) is 3.19. The molecule has 9 nitrogen and oxygen atoms in total. The Balaban J connectivity index is 0.000000850. The lowest BCUT2D eigenvalue weighted by molar-refractivity contribution is -0.127. The highest BCUT2D eigenvalue weighted by Crippen LogP contribution is 2.28. The summed E-state index contributed by atoms with van der Waals surface area (Å²) >= 11 is 0. The van der Waals surface area contributed by atoms with Gasteiger partial charge in [-0.15, -0.1) is 5.10 Å². The molecule has 1 atom stereocenters. The summed E-state index contributed by atoms with van der Waals surface area (Å²) in [5.41, 5.74) is 3.49. The van der Waals surface area contributed by atoms with Gasteiger partial charge in [0.1, 0.15) is 0 Å². The van der Waals surface area contributed by atoms with Gasteiger partial charge in [-0.1, -0.05) is 62.4 Å². The Morgan fingerprint density at radius 2 is 1.44 bits per heavy atom. The molecule has 0 bridgehead atoms. The molecule has 0 radical (unpaired) electrons. The normalized spacial score (nSPS) is 15.9. The molecule has 1 unspecified atom stereocenters. The van der Waals surface area contributed by atoms with E-state index in [4.69, 9.17) is 0 Å². The zero-order valence-corrected chi connectivity index (χ0v) is 24.7. The molecule has 3 amide bonds. The van der Waals surface area contributed by atoms with Crippen molar-refractivity contribution in [3.63, 3.8) is 0 Å². The third-order valence-electron chi connectivity index (χ3n) is 6.65. The summed E-state index contributed by atoms with van der Waals surface area (Å²) in [6.45, 7) is 13.8. The van der Waals surface area contributed by atoms with Crippen LogP contribution in [0.3, 0.4) is 0 Å². The summed E-state index contributed by atoms with van der Waals surface area (Å²) in [4.78, 5) is 39.3. The lowest BCUT2D eigenvalue weighted by atomic mass is 9.99. The molecule has 0 aliphatic carbocycles. The first-order valence-electron chi connectivity index (χ1n) is 13.8. The van der Waals surface area contributed by atoms with E-state index in [-0.39, 0.29) is 18.2 Å². The molecule has 0 saturated carbocycles. The maximum atomic E-state index is 13.8. The summed E-state index contributed by atoms with van der Waals surface area (Å²) in [7, 11) is 0. The van der Waals surface area contributed by atoms with Crippen LogP contribution in [0.5, 0.6) is 0 Å². The molecule has 3 aromatic rings. The molecule has 4 N–H and O–H groups in total. The third kappa shape index (κ3) is 7.79. The second-order valence-electron chi connectivity index (χ2n) is 9.86. The van der Waals surface area contributed by atoms with E-state index in [1.165, 1.54) is 17.5 Å². The second kappa shape index (κ2) is 14.2. The van der Waals surface area contributed by atoms with E-state index in [9.17, 15) is 14.4 Å². The highest BCUT2D eigenvalue weighted by atomic mass is 16.2. The van der Waals surface area contributed by atoms with Crippen molar-refractivity contribution in [2.45, 2.75) is 53.6 Å². The SMILES string of the molecule is CC(=O)NC1(Nc2ccccc2)C(=O)N(c2ccccc2)N=C1NC(=O)Cc1cc(C)c(C)c(C)c1.CCNCC. The van der Waals surface area contributed by atoms with E-state index >= 15 is 0 Å². The highest BCUT2D eigenvalue weighted by Gasteiger charge is 2.54. The zero-order chi connectivity index (χ0) is 30.0. The first-order chi connectivity index (χ1) is 19.6. The summed E-state index contributed by atoms with van der Waals surface area (Å²) in [5, 5.41) is 17.4. The topological polar surface area (TPSA) is 115 Å². The Hall–Kier alpha value is -4.50. The molecule has 41 heavy (non-hydrogen) atoms. The molecule has 0 fully saturated rings. The Bertz CT molecular complexity index is 1370. The molecule has 0 aromatic heterocycles. The van der Waals surface area contributed by atoms with Crippen LogP contribution >= 0.6 is 0 Å². The van der Waals surface area contributed by atoms with Crippen molar-refractivity contribution in [1.82, 2.24) is 16.0 Å². The Morgan fingerprint density at radius 3 is 1.95 bits per heavy atom. The average molecular weight is 557 g/mol. The number of nitrogens with one attached hydrogen (secondary N) is 4. The predicted molar refractivity (Wildman–Crippen MR) is 165 cm³/mol. The van der Waals surface area contributed by atoms with Crippen molar-refractivity contribution < 1.29 is 14.4 Å². The molecule has 1 aliphatic heterocycles. The van der Waals surface area contributed by atoms with Crippen LogP contribution in [-0.4, -0.2) is 42.3 Å². The van der Waals surface area contributed by atoms with Gasteiger partial charge in [-0.05, 0) is 80.4 Å². The van der Waals surface area contributed by atoms with E-state index < -0.39 is 17.5 Å². The number of hydrogen-bond donors (Lipinski definition) is 4. The molecule has 1 aliphatic rings. The summed E-state index contributed by atoms with van der Waals surface area (Å²) in [6, 6.07) is 21.8. The van der Waals surface area contributed by atoms with Crippen LogP contribution in [0.15, 0.2) is 77.9 Å². The van der Waals surface area contributed by atoms with Crippen LogP contribution in [0, 0.1) is 20.8 Å². The monoisotopic (exact) mass is 556 g/mol. The molecule has 1 heterocycles. The van der Waals surface area contributed by atoms with Crippen molar-refractivity contribution in [2.24, 2.45) is 5.10 Å². The number of rotatable bonds is 8. The maximum absolute atomic E-state index is 13.8. The van der Waals surface area contributed by atoms with Gasteiger partial charge >= 0.3 is 5.91 Å². The number of carbonyl (C=O) groups is 3. The number of carbonyl (C=O) groups excluding carboxylic acids is 3. The zero-order valence-electron chi connectivity index (χ0n) is 24.7. The summed E-state index contributed by atoms with van der Waals surface area (Å²) in [6.07, 6.45) is 0.0853. The number of aryl methyl sites for hydroxylation is 2. The van der Waals surface area contributed by atoms with Gasteiger partial charge in [0.15, 0.2) is 5.84 Å². The molecule has 4 rings (SSSR count). The maximum Gasteiger partial charge on any atom is 0.302 e. The number of amides is 3. The lowest BCUT2D eigenvalue weighted by Gasteiger charge is -2.31. The second-order valence-corrected chi connectivity index (χ2v) is 9.86. The van der Waals surface area contributed by atoms with E-state index in [0.29, 0.717) is 11.4 Å². The van der Waals surface area contributed by atoms with Crippen LogP contribution < -0.4 is 26.3 Å². The quantitative estimate of drug-likeness (QED) is 0.311. The smallest absolute Gasteiger partial charge is 0.302 e. The first kappa shape index (κ1) is 31.0. The van der Waals surface area contributed by atoms with E-state index in [1.807, 2.05) is 45.0 Å². The minimum Gasteiger partial charge on any atom is -0.348 e. The number of anilines is 2. The van der Waals surface area contributed by atoms with Crippen molar-refractivity contribution >= 4 is 34.9 Å². The molecule has 0 saturated heterocycles. The Labute approximate surface area is 242 Å². The number of nitrogens with zero attached hydrogens (tertiary/aromatic N) is 2. The van der Waals surface area contributed by atoms with Crippen LogP contribution in [0.25, 0.3) is 0 Å². The number of amidine groups is 1. The standard InChI is InChI=1S/C28H29N5O3.C4H11N/c1-18-15-22(16-19(2)20(18)3)17-25(35)29-26-28(30-21(4)34,31-23-11-7-5-8-12-23)27(36)33(32-26)24-13-9-6-10-14-24;1-3-5-4-2/h5-16,31H,17H2,1-4H3,(H,30,34)(H,29,32,35);5H,3-4H2,1-2H3. The van der Waals surface area contributed by atoms with Crippen LogP contribution in [-0.2, 0) is 20.8 Å². The van der Waals surface area contributed by atoms with E-state index in [2.05, 4.69) is 40.2 Å². The van der Waals surface area contributed by atoms with E-state index in [1.54, 1.807) is 48.5 Å². The number of hydrazone groups is 1. The molecular weight excluding hydrogens is 516 g/mol. The fourth-order valence-corrected chi connectivity index (χ4v) is 4.44. The predicted octanol–water partition coefficient (Wildman–Crippen LogP) is 4.19. The minimum absolute atomic E-state index is 0.0130. The molecule has 9 heteroatoms. The number of benzene rings is 3. The Kier molecular flexibility index (Phi) is 10.8. The van der Waals surface area contributed by atoms with Gasteiger partial charge < -0.3 is 21.3 Å². The molecule has 3 aromatic carbocycles. The van der Waals surface area contributed by atoms with Gasteiger partial charge in [0.05, 0.1) is 12.1 Å². The van der Waals surface area contributed by atoms with Gasteiger partial charge in [-0.3, -0.25) is 14.4 Å². The van der Waals surface area contributed by atoms with Gasteiger partial charge in [-0.2, -0.15) is 5.01 Å². The number of para-hydroxylation sites is 2. The number of hydrogen-bond acceptors (Lipinski definition) is 6. The first-order valence-corrected chi connectivity index (χ1v) is 13.8. The van der Waals surface area contributed by atoms with Crippen molar-refractivity contribution in [3.8, 4) is 0 Å². The van der Waals surface area contributed by atoms with Gasteiger partial charge in [-0.25, -0.2) is 0 Å². The largest absolute Gasteiger partial charge is 0.348 e.